The summed E-state index contributed by atoms with van der Waals surface area (Å²) >= 11 is 7.22. The molecule has 5 aromatic rings. The van der Waals surface area contributed by atoms with Crippen molar-refractivity contribution in [3.05, 3.63) is 93.0 Å². The van der Waals surface area contributed by atoms with Crippen molar-refractivity contribution in [3.8, 4) is 28.3 Å². The van der Waals surface area contributed by atoms with Crippen molar-refractivity contribution in [2.75, 3.05) is 26.0 Å². The molecular formula is C37H38ClN7O3. The number of carbonyl (C=O) groups is 1. The highest BCUT2D eigenvalue weighted by atomic mass is 35.5. The van der Waals surface area contributed by atoms with Crippen LogP contribution in [0, 0.1) is 6.92 Å². The number of hydrogen-bond donors (Lipinski definition) is 2. The number of hydrogen-bond acceptors (Lipinski definition) is 8. The Hall–Kier alpha value is -4.80. The second-order valence-electron chi connectivity index (χ2n) is 12.7. The Morgan fingerprint density at radius 2 is 1.88 bits per heavy atom. The van der Waals surface area contributed by atoms with Crippen LogP contribution >= 0.6 is 11.6 Å². The van der Waals surface area contributed by atoms with Gasteiger partial charge in [0.25, 0.3) is 5.56 Å². The number of anilines is 2. The molecule has 11 heteroatoms. The van der Waals surface area contributed by atoms with Crippen LogP contribution in [-0.2, 0) is 18.3 Å². The van der Waals surface area contributed by atoms with E-state index >= 15 is 0 Å². The Morgan fingerprint density at radius 3 is 2.67 bits per heavy atom. The molecule has 2 unspecified atom stereocenters. The fraction of sp³-hybridized carbons (Fsp3) is 0.324. The molecule has 1 amide bonds. The van der Waals surface area contributed by atoms with Crippen LogP contribution in [-0.4, -0.2) is 57.3 Å². The number of carbonyl (C=O) groups excluding carboxylic acids is 1. The first-order chi connectivity index (χ1) is 23.2. The third-order valence-corrected chi connectivity index (χ3v) is 10.2. The number of nitrogens with one attached hydrogen (secondary N) is 2. The van der Waals surface area contributed by atoms with E-state index in [9.17, 15) is 9.59 Å². The number of fused-ring (bicyclic) bond motifs is 2. The first-order valence-corrected chi connectivity index (χ1v) is 16.7. The SMILES string of the molecule is COc1nc(-c2cccc(-c3cccc(Nc4nccc5cnn(C)c(=O)c45)c3C)c2Cl)cc2c1C(N(C)CCC1CCC(=O)N1)CC2. The lowest BCUT2D eigenvalue weighted by molar-refractivity contribution is -0.119. The van der Waals surface area contributed by atoms with E-state index in [2.05, 4.69) is 38.7 Å². The van der Waals surface area contributed by atoms with E-state index in [1.54, 1.807) is 32.6 Å². The lowest BCUT2D eigenvalue weighted by Gasteiger charge is -2.27. The van der Waals surface area contributed by atoms with Crippen molar-refractivity contribution >= 4 is 39.8 Å². The molecule has 1 fully saturated rings. The van der Waals surface area contributed by atoms with Crippen LogP contribution in [0.3, 0.4) is 0 Å². The van der Waals surface area contributed by atoms with Crippen LogP contribution in [0.4, 0.5) is 11.5 Å². The number of nitrogens with zero attached hydrogens (tertiary/aromatic N) is 5. The van der Waals surface area contributed by atoms with Crippen LogP contribution in [0.15, 0.2) is 65.7 Å². The van der Waals surface area contributed by atoms with E-state index in [0.29, 0.717) is 28.5 Å². The third-order valence-electron chi connectivity index (χ3n) is 9.78. The maximum absolute atomic E-state index is 13.0. The fourth-order valence-corrected chi connectivity index (χ4v) is 7.45. The largest absolute Gasteiger partial charge is 0.481 e. The summed E-state index contributed by atoms with van der Waals surface area (Å²) in [7, 11) is 5.44. The van der Waals surface area contributed by atoms with E-state index < -0.39 is 0 Å². The lowest BCUT2D eigenvalue weighted by atomic mass is 9.96. The standard InChI is InChI=1S/C37H38ClN7O3/c1-21-25(7-6-10-28(21)42-35-33-23(15-17-39-35)20-40-45(3)37(33)47)26-8-5-9-27(34(26)38)29-19-22-11-13-30(32(22)36(43-29)48-4)44(2)18-16-24-12-14-31(46)41-24/h5-10,15,17,19-20,24,30H,11-14,16,18H2,1-4H3,(H,39,42)(H,41,46). The zero-order valence-corrected chi connectivity index (χ0v) is 28.3. The molecular weight excluding hydrogens is 626 g/mol. The van der Waals surface area contributed by atoms with Crippen LogP contribution < -0.4 is 20.9 Å². The average Bonchev–Trinajstić information content (AvgIpc) is 3.72. The molecule has 10 nitrogen and oxygen atoms in total. The van der Waals surface area contributed by atoms with Gasteiger partial charge in [-0.15, -0.1) is 0 Å². The summed E-state index contributed by atoms with van der Waals surface area (Å²) in [4.78, 5) is 36.5. The van der Waals surface area contributed by atoms with Gasteiger partial charge in [-0.25, -0.2) is 14.6 Å². The third kappa shape index (κ3) is 5.79. The van der Waals surface area contributed by atoms with Crippen molar-refractivity contribution in [3.63, 3.8) is 0 Å². The second-order valence-corrected chi connectivity index (χ2v) is 13.1. The maximum atomic E-state index is 13.0. The van der Waals surface area contributed by atoms with Crippen molar-refractivity contribution in [2.45, 2.75) is 51.1 Å². The van der Waals surface area contributed by atoms with Gasteiger partial charge in [0.1, 0.15) is 5.82 Å². The molecule has 2 N–H and O–H groups in total. The normalized spacial score (nSPS) is 17.2. The molecule has 0 spiro atoms. The number of rotatable bonds is 9. The highest BCUT2D eigenvalue weighted by Gasteiger charge is 2.32. The predicted octanol–water partition coefficient (Wildman–Crippen LogP) is 6.36. The molecule has 1 aliphatic carbocycles. The number of halogens is 1. The maximum Gasteiger partial charge on any atom is 0.278 e. The Bertz CT molecular complexity index is 2110. The molecule has 0 saturated carbocycles. The quantitative estimate of drug-likeness (QED) is 0.187. The van der Waals surface area contributed by atoms with Gasteiger partial charge < -0.3 is 15.4 Å². The molecule has 48 heavy (non-hydrogen) atoms. The smallest absolute Gasteiger partial charge is 0.278 e. The Morgan fingerprint density at radius 1 is 1.08 bits per heavy atom. The molecule has 2 atom stereocenters. The van der Waals surface area contributed by atoms with Gasteiger partial charge in [0.15, 0.2) is 0 Å². The zero-order chi connectivity index (χ0) is 33.5. The molecule has 7 rings (SSSR count). The van der Waals surface area contributed by atoms with Gasteiger partial charge in [-0.3, -0.25) is 14.5 Å². The van der Waals surface area contributed by atoms with Crippen molar-refractivity contribution < 1.29 is 9.53 Å². The minimum absolute atomic E-state index is 0.152. The summed E-state index contributed by atoms with van der Waals surface area (Å²) in [6, 6.07) is 16.4. The molecule has 1 aliphatic heterocycles. The van der Waals surface area contributed by atoms with Crippen LogP contribution in [0.25, 0.3) is 33.2 Å². The van der Waals surface area contributed by atoms with E-state index in [1.165, 1.54) is 10.2 Å². The van der Waals surface area contributed by atoms with Crippen molar-refractivity contribution in [1.29, 1.82) is 0 Å². The molecule has 4 heterocycles. The van der Waals surface area contributed by atoms with E-state index in [0.717, 1.165) is 76.8 Å². The summed E-state index contributed by atoms with van der Waals surface area (Å²) in [5, 5.41) is 12.4. The number of aryl methyl sites for hydroxylation is 2. The Balaban J connectivity index is 1.19. The first kappa shape index (κ1) is 31.8. The number of benzene rings is 2. The van der Waals surface area contributed by atoms with Crippen LogP contribution in [0.1, 0.15) is 48.4 Å². The second kappa shape index (κ2) is 13.0. The number of pyridine rings is 2. The molecule has 2 aliphatic rings. The van der Waals surface area contributed by atoms with Crippen molar-refractivity contribution in [1.82, 2.24) is 30.0 Å². The fourth-order valence-electron chi connectivity index (χ4n) is 7.12. The molecule has 0 radical (unpaired) electrons. The highest BCUT2D eigenvalue weighted by Crippen LogP contribution is 2.44. The van der Waals surface area contributed by atoms with Gasteiger partial charge in [-0.2, -0.15) is 5.10 Å². The number of methoxy groups -OCH3 is 1. The van der Waals surface area contributed by atoms with E-state index in [-0.39, 0.29) is 23.6 Å². The van der Waals surface area contributed by atoms with Gasteiger partial charge >= 0.3 is 0 Å². The molecule has 0 bridgehead atoms. The average molecular weight is 664 g/mol. The number of aromatic nitrogens is 4. The predicted molar refractivity (Wildman–Crippen MR) is 189 cm³/mol. The highest BCUT2D eigenvalue weighted by molar-refractivity contribution is 6.36. The molecule has 246 valence electrons. The van der Waals surface area contributed by atoms with E-state index in [1.807, 2.05) is 43.3 Å². The summed E-state index contributed by atoms with van der Waals surface area (Å²) in [5.41, 5.74) is 7.33. The Kier molecular flexibility index (Phi) is 8.61. The molecule has 1 saturated heterocycles. The van der Waals surface area contributed by atoms with Gasteiger partial charge in [0.05, 0.1) is 29.4 Å². The van der Waals surface area contributed by atoms with Gasteiger partial charge in [0, 0.05) is 66.1 Å². The number of amides is 1. The number of ether oxygens (including phenoxy) is 1. The van der Waals surface area contributed by atoms with Crippen LogP contribution in [0.2, 0.25) is 5.02 Å². The minimum atomic E-state index is -0.220. The van der Waals surface area contributed by atoms with E-state index in [4.69, 9.17) is 21.3 Å². The zero-order valence-electron chi connectivity index (χ0n) is 27.5. The Labute approximate surface area is 284 Å². The molecule has 2 aromatic carbocycles. The molecule has 3 aromatic heterocycles. The first-order valence-electron chi connectivity index (χ1n) is 16.3. The van der Waals surface area contributed by atoms with Gasteiger partial charge in [-0.1, -0.05) is 41.9 Å². The van der Waals surface area contributed by atoms with Crippen molar-refractivity contribution in [2.24, 2.45) is 7.05 Å². The van der Waals surface area contributed by atoms with Crippen LogP contribution in [0.5, 0.6) is 5.88 Å². The summed E-state index contributed by atoms with van der Waals surface area (Å²) in [6.45, 7) is 2.91. The summed E-state index contributed by atoms with van der Waals surface area (Å²) < 4.78 is 7.21. The summed E-state index contributed by atoms with van der Waals surface area (Å²) in [5.74, 6) is 1.25. The topological polar surface area (TPSA) is 114 Å². The summed E-state index contributed by atoms with van der Waals surface area (Å²) in [6.07, 6.45) is 7.68. The monoisotopic (exact) mass is 663 g/mol. The van der Waals surface area contributed by atoms with Gasteiger partial charge in [-0.05, 0) is 74.5 Å². The van der Waals surface area contributed by atoms with Gasteiger partial charge in [0.2, 0.25) is 11.8 Å². The minimum Gasteiger partial charge on any atom is -0.481 e. The lowest BCUT2D eigenvalue weighted by Crippen LogP contribution is -2.31.